The van der Waals surface area contributed by atoms with Gasteiger partial charge in [-0.1, -0.05) is 345 Å². The standard InChI is InChI=1S/C80H128N2/c1-6-11-16-21-26-31-32-33-34-35-36-37-38-39-40-41-42-43-44-49-54-59-64-76-71-79(77-67-72(60-55-50-45-27-22-17-12-7-2)65-73(68-77)61-56-51-46-28-23-18-13-8-3)82(81)80(76)78-69-74(62-57-52-47-29-24-19-14-9-4)66-75(70-78)63-58-53-48-30-25-20-15-10-5/h55-58,60-63,65-71H,6-54H2,1-5H3. The van der Waals surface area contributed by atoms with Gasteiger partial charge in [-0.2, -0.15) is 0 Å². The first-order valence-electron chi connectivity index (χ1n) is 35.9. The Labute approximate surface area is 510 Å². The Balaban J connectivity index is 1.83. The number of hydrogen-bond acceptors (Lipinski definition) is 0. The predicted octanol–water partition coefficient (Wildman–Crippen LogP) is 27.8. The quantitative estimate of drug-likeness (QED) is 0.0358. The molecule has 3 rings (SSSR count). The summed E-state index contributed by atoms with van der Waals surface area (Å²) in [6.07, 6.45) is 85.4. The van der Waals surface area contributed by atoms with E-state index in [-0.39, 0.29) is 0 Å². The lowest BCUT2D eigenvalue weighted by atomic mass is 9.99. The first kappa shape index (κ1) is 72.3. The van der Waals surface area contributed by atoms with Gasteiger partial charge < -0.3 is 5.53 Å². The summed E-state index contributed by atoms with van der Waals surface area (Å²) in [7, 11) is 0. The van der Waals surface area contributed by atoms with Crippen LogP contribution >= 0.6 is 0 Å². The fourth-order valence-electron chi connectivity index (χ4n) is 11.8. The van der Waals surface area contributed by atoms with Crippen LogP contribution in [0.1, 0.15) is 383 Å². The molecular formula is C80H128N2. The highest BCUT2D eigenvalue weighted by Crippen LogP contribution is 2.37. The van der Waals surface area contributed by atoms with Crippen molar-refractivity contribution in [2.24, 2.45) is 0 Å². The first-order chi connectivity index (χ1) is 40.5. The normalized spacial score (nSPS) is 12.9. The maximum atomic E-state index is 12.7. The van der Waals surface area contributed by atoms with Gasteiger partial charge >= 0.3 is 0 Å². The average Bonchev–Trinajstić information content (AvgIpc) is 3.64. The van der Waals surface area contributed by atoms with Crippen molar-refractivity contribution >= 4 is 35.7 Å². The molecule has 2 aromatic carbocycles. The van der Waals surface area contributed by atoms with E-state index in [1.807, 2.05) is 0 Å². The minimum Gasteiger partial charge on any atom is -0.493 e. The Morgan fingerprint density at radius 2 is 0.573 bits per heavy atom. The van der Waals surface area contributed by atoms with E-state index in [2.05, 4.69) is 138 Å². The molecule has 458 valence electrons. The van der Waals surface area contributed by atoms with Gasteiger partial charge in [0.05, 0.1) is 0 Å². The largest absolute Gasteiger partial charge is 0.493 e. The zero-order valence-corrected chi connectivity index (χ0v) is 54.7. The van der Waals surface area contributed by atoms with Crippen molar-refractivity contribution in [2.75, 3.05) is 0 Å². The number of rotatable bonds is 54. The van der Waals surface area contributed by atoms with E-state index < -0.39 is 0 Å². The Kier molecular flexibility index (Phi) is 46.4. The summed E-state index contributed by atoms with van der Waals surface area (Å²) in [5.74, 6) is 7.31. The Hall–Kier alpha value is -3.96. The highest BCUT2D eigenvalue weighted by Gasteiger charge is 2.29. The van der Waals surface area contributed by atoms with Gasteiger partial charge in [0.25, 0.3) is 0 Å². The highest BCUT2D eigenvalue weighted by atomic mass is 15.2. The Morgan fingerprint density at radius 1 is 0.317 bits per heavy atom. The summed E-state index contributed by atoms with van der Waals surface area (Å²) in [5.41, 5.74) is 22.0. The maximum Gasteiger partial charge on any atom is 0.223 e. The summed E-state index contributed by atoms with van der Waals surface area (Å²) in [4.78, 5) is 0. The molecule has 2 nitrogen and oxygen atoms in total. The van der Waals surface area contributed by atoms with Gasteiger partial charge in [-0.3, -0.25) is 0 Å². The van der Waals surface area contributed by atoms with Crippen molar-refractivity contribution in [2.45, 2.75) is 349 Å². The molecule has 1 aliphatic heterocycles. The minimum absolute atomic E-state index is 0.798. The van der Waals surface area contributed by atoms with E-state index in [1.54, 1.807) is 0 Å². The third-order valence-electron chi connectivity index (χ3n) is 17.0. The van der Waals surface area contributed by atoms with Crippen molar-refractivity contribution in [3.05, 3.63) is 111 Å². The van der Waals surface area contributed by atoms with Crippen LogP contribution in [0.2, 0.25) is 0 Å². The smallest absolute Gasteiger partial charge is 0.223 e. The zero-order chi connectivity index (χ0) is 58.4. The van der Waals surface area contributed by atoms with Crippen molar-refractivity contribution in [3.8, 4) is 11.8 Å². The second-order valence-electron chi connectivity index (χ2n) is 25.0. The average molecular weight is 1120 g/mol. The fraction of sp³-hybridized carbons (Fsp3) is 0.675. The molecule has 0 atom stereocenters. The number of nitrogens with zero attached hydrogens (tertiary/aromatic N) is 2. The summed E-state index contributed by atoms with van der Waals surface area (Å²) >= 11 is 0. The second kappa shape index (κ2) is 52.6. The molecule has 0 spiro atoms. The molecule has 0 aromatic heterocycles. The lowest BCUT2D eigenvalue weighted by Crippen LogP contribution is -2.03. The van der Waals surface area contributed by atoms with Gasteiger partial charge in [0.15, 0.2) is 0 Å². The van der Waals surface area contributed by atoms with Crippen molar-refractivity contribution in [3.63, 3.8) is 0 Å². The monoisotopic (exact) mass is 1120 g/mol. The SMILES string of the molecule is CCCCCCCCC=Cc1cc(C=CCCCCCCCC)cc(C2=CC(C#CCCCCCCCCCCCCCCCCCCCCCC)=C(c3cc(C=CCCCCCCCC)cc(C=CCCCCCCCC)c3)[N+]2=[N-])c1. The van der Waals surface area contributed by atoms with Gasteiger partial charge in [0.1, 0.15) is 5.57 Å². The molecule has 0 fully saturated rings. The topological polar surface area (TPSA) is 25.3 Å². The lowest BCUT2D eigenvalue weighted by Gasteiger charge is -2.12. The molecule has 0 saturated heterocycles. The lowest BCUT2D eigenvalue weighted by molar-refractivity contribution is -0.344. The highest BCUT2D eigenvalue weighted by molar-refractivity contribution is 5.84. The van der Waals surface area contributed by atoms with Gasteiger partial charge in [-0.15, -0.1) is 0 Å². The van der Waals surface area contributed by atoms with Crippen molar-refractivity contribution in [1.82, 2.24) is 0 Å². The molecule has 1 heterocycles. The number of hydrogen-bond donors (Lipinski definition) is 0. The van der Waals surface area contributed by atoms with Crippen LogP contribution in [0.25, 0.3) is 41.2 Å². The fourth-order valence-corrected chi connectivity index (χ4v) is 11.8. The maximum absolute atomic E-state index is 12.7. The Bertz CT molecular complexity index is 2050. The number of unbranched alkanes of at least 4 members (excludes halogenated alkanes) is 44. The zero-order valence-electron chi connectivity index (χ0n) is 54.7. The van der Waals surface area contributed by atoms with Crippen molar-refractivity contribution < 1.29 is 4.70 Å². The molecule has 0 N–H and O–H groups in total. The van der Waals surface area contributed by atoms with E-state index >= 15 is 0 Å². The molecule has 2 heteroatoms. The molecule has 0 aliphatic carbocycles. The second-order valence-corrected chi connectivity index (χ2v) is 25.0. The molecule has 0 amide bonds. The molecule has 2 aromatic rings. The van der Waals surface area contributed by atoms with Gasteiger partial charge in [0, 0.05) is 23.6 Å². The van der Waals surface area contributed by atoms with E-state index in [0.29, 0.717) is 0 Å². The van der Waals surface area contributed by atoms with Crippen LogP contribution in [0.5, 0.6) is 0 Å². The number of benzene rings is 2. The summed E-state index contributed by atoms with van der Waals surface area (Å²) < 4.78 is 1.48. The summed E-state index contributed by atoms with van der Waals surface area (Å²) in [6.45, 7) is 11.5. The van der Waals surface area contributed by atoms with Gasteiger partial charge in [-0.05, 0) is 116 Å². The van der Waals surface area contributed by atoms with E-state index in [0.717, 1.165) is 66.6 Å². The Morgan fingerprint density at radius 3 is 0.866 bits per heavy atom. The minimum atomic E-state index is 0.798. The van der Waals surface area contributed by atoms with Gasteiger partial charge in [-0.25, -0.2) is 4.70 Å². The summed E-state index contributed by atoms with van der Waals surface area (Å²) in [6, 6.07) is 13.8. The van der Waals surface area contributed by atoms with E-state index in [9.17, 15) is 5.53 Å². The van der Waals surface area contributed by atoms with Crippen LogP contribution in [-0.4, -0.2) is 4.70 Å². The molecule has 0 bridgehead atoms. The van der Waals surface area contributed by atoms with Crippen LogP contribution in [0.15, 0.2) is 72.4 Å². The van der Waals surface area contributed by atoms with Crippen LogP contribution in [0, 0.1) is 11.8 Å². The van der Waals surface area contributed by atoms with Crippen LogP contribution in [0.4, 0.5) is 0 Å². The third-order valence-corrected chi connectivity index (χ3v) is 17.0. The first-order valence-corrected chi connectivity index (χ1v) is 35.9. The molecule has 0 unspecified atom stereocenters. The summed E-state index contributed by atoms with van der Waals surface area (Å²) in [5, 5.41) is 0. The van der Waals surface area contributed by atoms with E-state index in [1.165, 1.54) is 303 Å². The molecule has 1 aliphatic rings. The van der Waals surface area contributed by atoms with E-state index in [4.69, 9.17) is 0 Å². The molecule has 82 heavy (non-hydrogen) atoms. The molecule has 0 saturated carbocycles. The molecule has 0 radical (unpaired) electrons. The van der Waals surface area contributed by atoms with Gasteiger partial charge in [0.2, 0.25) is 11.4 Å². The third kappa shape index (κ3) is 36.7. The molecular weight excluding hydrogens is 989 g/mol. The number of allylic oxidation sites excluding steroid dienone is 6. The van der Waals surface area contributed by atoms with Crippen LogP contribution < -0.4 is 0 Å². The van der Waals surface area contributed by atoms with Crippen LogP contribution in [0.3, 0.4) is 0 Å². The predicted molar refractivity (Wildman–Crippen MR) is 370 cm³/mol. The van der Waals surface area contributed by atoms with Crippen LogP contribution in [-0.2, 0) is 0 Å². The van der Waals surface area contributed by atoms with Crippen molar-refractivity contribution in [1.29, 1.82) is 0 Å².